The van der Waals surface area contributed by atoms with Crippen molar-refractivity contribution in [3.63, 3.8) is 0 Å². The minimum absolute atomic E-state index is 0.232. The van der Waals surface area contributed by atoms with Gasteiger partial charge < -0.3 is 4.57 Å². The van der Waals surface area contributed by atoms with Crippen LogP contribution in [0.2, 0.25) is 0 Å². The lowest BCUT2D eigenvalue weighted by atomic mass is 10.2. The molecule has 1 unspecified atom stereocenters. The van der Waals surface area contributed by atoms with Gasteiger partial charge in [-0.2, -0.15) is 13.2 Å². The van der Waals surface area contributed by atoms with Gasteiger partial charge in [0.25, 0.3) is 0 Å². The summed E-state index contributed by atoms with van der Waals surface area (Å²) in [5, 5.41) is 0.461. The number of pyridine rings is 2. The van der Waals surface area contributed by atoms with Gasteiger partial charge in [-0.05, 0) is 25.0 Å². The second-order valence-electron chi connectivity index (χ2n) is 6.37. The Balaban J connectivity index is 2.06. The first-order valence-electron chi connectivity index (χ1n) is 8.85. The second kappa shape index (κ2) is 7.88. The first-order valence-corrected chi connectivity index (χ1v) is 9.73. The summed E-state index contributed by atoms with van der Waals surface area (Å²) < 4.78 is 40.7. The van der Waals surface area contributed by atoms with E-state index < -0.39 is 11.7 Å². The summed E-state index contributed by atoms with van der Waals surface area (Å²) in [4.78, 5) is 13.6. The van der Waals surface area contributed by atoms with Gasteiger partial charge in [-0.25, -0.2) is 9.97 Å². The Morgan fingerprint density at radius 1 is 1.22 bits per heavy atom. The topological polar surface area (TPSA) is 43.6 Å². The van der Waals surface area contributed by atoms with Crippen molar-refractivity contribution in [2.24, 2.45) is 7.05 Å². The fraction of sp³-hybridized carbons (Fsp3) is 0.421. The van der Waals surface area contributed by atoms with E-state index in [0.717, 1.165) is 42.0 Å². The number of thioether (sulfide) groups is 1. The molecular weight excluding hydrogens is 373 g/mol. The largest absolute Gasteiger partial charge is 0.417 e. The first-order chi connectivity index (χ1) is 12.8. The quantitative estimate of drug-likeness (QED) is 0.502. The molecule has 4 nitrogen and oxygen atoms in total. The third kappa shape index (κ3) is 4.10. The highest BCUT2D eigenvalue weighted by atomic mass is 32.2. The van der Waals surface area contributed by atoms with Crippen molar-refractivity contribution in [2.45, 2.75) is 49.4 Å². The lowest BCUT2D eigenvalue weighted by molar-refractivity contribution is -0.137. The molecule has 8 heteroatoms. The van der Waals surface area contributed by atoms with Crippen LogP contribution in [0.1, 0.15) is 38.7 Å². The lowest BCUT2D eigenvalue weighted by Gasteiger charge is -2.15. The van der Waals surface area contributed by atoms with Crippen LogP contribution < -0.4 is 0 Å². The second-order valence-corrected chi connectivity index (χ2v) is 7.71. The van der Waals surface area contributed by atoms with Crippen LogP contribution in [0.5, 0.6) is 0 Å². The third-order valence-electron chi connectivity index (χ3n) is 4.42. The molecule has 0 saturated carbocycles. The van der Waals surface area contributed by atoms with E-state index in [4.69, 9.17) is 0 Å². The molecule has 0 aliphatic carbocycles. The molecule has 0 aromatic carbocycles. The van der Waals surface area contributed by atoms with Gasteiger partial charge in [0.05, 0.1) is 5.56 Å². The highest BCUT2D eigenvalue weighted by Gasteiger charge is 2.32. The summed E-state index contributed by atoms with van der Waals surface area (Å²) in [7, 11) is 1.77. The summed E-state index contributed by atoms with van der Waals surface area (Å²) in [6.07, 6.45) is 3.10. The molecule has 0 amide bonds. The monoisotopic (exact) mass is 394 g/mol. The Hall–Kier alpha value is -2.09. The van der Waals surface area contributed by atoms with Crippen LogP contribution >= 0.6 is 11.8 Å². The molecule has 0 aliphatic heterocycles. The number of imidazole rings is 1. The Labute approximate surface area is 160 Å². The molecule has 3 heterocycles. The van der Waals surface area contributed by atoms with E-state index in [-0.39, 0.29) is 5.52 Å². The van der Waals surface area contributed by atoms with Crippen molar-refractivity contribution < 1.29 is 13.2 Å². The third-order valence-corrected chi connectivity index (χ3v) is 5.90. The van der Waals surface area contributed by atoms with Crippen molar-refractivity contribution in [1.29, 1.82) is 0 Å². The number of halogens is 3. The number of rotatable bonds is 6. The van der Waals surface area contributed by atoms with Crippen LogP contribution in [0.25, 0.3) is 22.6 Å². The molecule has 3 aromatic heterocycles. The molecule has 3 aromatic rings. The first kappa shape index (κ1) is 19.7. The number of fused-ring (bicyclic) bond motifs is 1. The fourth-order valence-electron chi connectivity index (χ4n) is 2.98. The normalized spacial score (nSPS) is 13.3. The predicted octanol–water partition coefficient (Wildman–Crippen LogP) is 5.72. The van der Waals surface area contributed by atoms with E-state index >= 15 is 0 Å². The van der Waals surface area contributed by atoms with Gasteiger partial charge >= 0.3 is 6.18 Å². The number of hydrogen-bond donors (Lipinski definition) is 0. The van der Waals surface area contributed by atoms with Gasteiger partial charge in [-0.1, -0.05) is 20.3 Å². The zero-order valence-electron chi connectivity index (χ0n) is 15.4. The highest BCUT2D eigenvalue weighted by molar-refractivity contribution is 8.00. The fourth-order valence-corrected chi connectivity index (χ4v) is 4.27. The smallest absolute Gasteiger partial charge is 0.312 e. The van der Waals surface area contributed by atoms with E-state index in [0.29, 0.717) is 16.7 Å². The number of hydrogen-bond acceptors (Lipinski definition) is 4. The molecule has 3 rings (SSSR count). The van der Waals surface area contributed by atoms with Crippen molar-refractivity contribution in [3.8, 4) is 11.4 Å². The summed E-state index contributed by atoms with van der Waals surface area (Å²) in [6.45, 7) is 4.31. The van der Waals surface area contributed by atoms with Crippen LogP contribution in [0, 0.1) is 0 Å². The molecule has 0 spiro atoms. The van der Waals surface area contributed by atoms with E-state index in [2.05, 4.69) is 28.8 Å². The maximum Gasteiger partial charge on any atom is 0.417 e. The van der Waals surface area contributed by atoms with Crippen LogP contribution in [-0.2, 0) is 13.2 Å². The molecule has 0 radical (unpaired) electrons. The van der Waals surface area contributed by atoms with Gasteiger partial charge in [-0.15, -0.1) is 11.8 Å². The summed E-state index contributed by atoms with van der Waals surface area (Å²) in [6, 6.07) is 2.90. The minimum Gasteiger partial charge on any atom is -0.312 e. The summed E-state index contributed by atoms with van der Waals surface area (Å²) in [5.41, 5.74) is 0.721. The number of alkyl halides is 3. The number of aryl methyl sites for hydroxylation is 1. The van der Waals surface area contributed by atoms with Crippen LogP contribution in [-0.4, -0.2) is 24.8 Å². The van der Waals surface area contributed by atoms with E-state index in [1.54, 1.807) is 35.8 Å². The van der Waals surface area contributed by atoms with Crippen molar-refractivity contribution in [1.82, 2.24) is 19.5 Å². The molecule has 1 atom stereocenters. The molecule has 0 saturated heterocycles. The summed E-state index contributed by atoms with van der Waals surface area (Å²) in [5.74, 6) is 0.591. The zero-order chi connectivity index (χ0) is 19.6. The molecule has 0 fully saturated rings. The zero-order valence-corrected chi connectivity index (χ0v) is 16.2. The Bertz CT molecular complexity index is 936. The SMILES string of the molecule is CCCC(CC)Sc1cnccc1-c1nc2cc(C(F)(F)F)cnc2n1C. The Morgan fingerprint density at radius 3 is 2.67 bits per heavy atom. The summed E-state index contributed by atoms with van der Waals surface area (Å²) >= 11 is 1.74. The number of nitrogens with zero attached hydrogens (tertiary/aromatic N) is 4. The van der Waals surface area contributed by atoms with Crippen molar-refractivity contribution in [2.75, 3.05) is 0 Å². The van der Waals surface area contributed by atoms with Crippen molar-refractivity contribution in [3.05, 3.63) is 36.3 Å². The number of aromatic nitrogens is 4. The standard InChI is InChI=1S/C19H21F3N4S/c1-4-6-13(5-2)27-16-11-23-8-7-14(16)17-25-15-9-12(19(20,21)22)10-24-18(15)26(17)3/h7-11,13H,4-6H2,1-3H3. The maximum atomic E-state index is 13.0. The van der Waals surface area contributed by atoms with E-state index in [9.17, 15) is 13.2 Å². The average Bonchev–Trinajstić information content (AvgIpc) is 2.97. The molecule has 27 heavy (non-hydrogen) atoms. The van der Waals surface area contributed by atoms with Crippen LogP contribution in [0.3, 0.4) is 0 Å². The van der Waals surface area contributed by atoms with Gasteiger partial charge in [0, 0.05) is 41.3 Å². The lowest BCUT2D eigenvalue weighted by Crippen LogP contribution is -2.05. The van der Waals surface area contributed by atoms with Crippen LogP contribution in [0.15, 0.2) is 35.6 Å². The predicted molar refractivity (Wildman–Crippen MR) is 102 cm³/mol. The Kier molecular flexibility index (Phi) is 5.74. The average molecular weight is 394 g/mol. The molecular formula is C19H21F3N4S. The van der Waals surface area contributed by atoms with Gasteiger partial charge in [0.2, 0.25) is 0 Å². The van der Waals surface area contributed by atoms with Gasteiger partial charge in [0.1, 0.15) is 11.3 Å². The highest BCUT2D eigenvalue weighted by Crippen LogP contribution is 2.37. The minimum atomic E-state index is -4.44. The van der Waals surface area contributed by atoms with Gasteiger partial charge in [-0.3, -0.25) is 4.98 Å². The van der Waals surface area contributed by atoms with Gasteiger partial charge in [0.15, 0.2) is 5.65 Å². The molecule has 0 N–H and O–H groups in total. The van der Waals surface area contributed by atoms with E-state index in [1.807, 2.05) is 6.07 Å². The van der Waals surface area contributed by atoms with Crippen molar-refractivity contribution >= 4 is 22.9 Å². The molecule has 0 bridgehead atoms. The molecule has 0 aliphatic rings. The maximum absolute atomic E-state index is 13.0. The van der Waals surface area contributed by atoms with E-state index in [1.165, 1.54) is 0 Å². The van der Waals surface area contributed by atoms with Crippen LogP contribution in [0.4, 0.5) is 13.2 Å². The Morgan fingerprint density at radius 2 is 2.00 bits per heavy atom. The molecule has 144 valence electrons.